The Labute approximate surface area is 102 Å². The Kier molecular flexibility index (Phi) is 3.28. The topological polar surface area (TPSA) is 20.2 Å². The highest BCUT2D eigenvalue weighted by molar-refractivity contribution is 7.10. The Morgan fingerprint density at radius 1 is 1.38 bits per heavy atom. The van der Waals surface area contributed by atoms with E-state index in [2.05, 4.69) is 0 Å². The van der Waals surface area contributed by atoms with Gasteiger partial charge in [0.2, 0.25) is 0 Å². The average Bonchev–Trinajstić information content (AvgIpc) is 2.68. The molecule has 4 heteroatoms. The highest BCUT2D eigenvalue weighted by Gasteiger charge is 2.18. The van der Waals surface area contributed by atoms with Gasteiger partial charge in [-0.2, -0.15) is 0 Å². The van der Waals surface area contributed by atoms with E-state index in [1.54, 1.807) is 12.1 Å². The van der Waals surface area contributed by atoms with Crippen molar-refractivity contribution in [1.82, 2.24) is 0 Å². The number of thiophene rings is 1. The number of halogens is 2. The monoisotopic (exact) mass is 256 g/mol. The second-order valence-electron chi connectivity index (χ2n) is 3.51. The summed E-state index contributed by atoms with van der Waals surface area (Å²) in [7, 11) is 0. The summed E-state index contributed by atoms with van der Waals surface area (Å²) in [5.74, 6) is -0.507. The van der Waals surface area contributed by atoms with Crippen LogP contribution >= 0.6 is 22.9 Å². The van der Waals surface area contributed by atoms with Gasteiger partial charge in [0.1, 0.15) is 11.9 Å². The van der Waals surface area contributed by atoms with E-state index in [0.717, 1.165) is 10.4 Å². The lowest BCUT2D eigenvalue weighted by Crippen LogP contribution is -2.00. The van der Waals surface area contributed by atoms with Crippen molar-refractivity contribution < 1.29 is 9.50 Å². The predicted octanol–water partition coefficient (Wildman–Crippen LogP) is 3.93. The van der Waals surface area contributed by atoms with Crippen molar-refractivity contribution in [1.29, 1.82) is 0 Å². The molecule has 0 fully saturated rings. The van der Waals surface area contributed by atoms with Gasteiger partial charge in [-0.15, -0.1) is 11.3 Å². The van der Waals surface area contributed by atoms with Crippen LogP contribution in [0.1, 0.15) is 22.1 Å². The van der Waals surface area contributed by atoms with Gasteiger partial charge in [-0.05, 0) is 30.0 Å². The molecule has 0 aliphatic carbocycles. The fraction of sp³-hybridized carbons (Fsp3) is 0.167. The fourth-order valence-electron chi connectivity index (χ4n) is 1.54. The van der Waals surface area contributed by atoms with Crippen LogP contribution in [0.15, 0.2) is 29.6 Å². The molecule has 1 heterocycles. The van der Waals surface area contributed by atoms with Crippen LogP contribution in [0, 0.1) is 12.7 Å². The molecule has 0 aliphatic heterocycles. The second kappa shape index (κ2) is 4.53. The highest BCUT2D eigenvalue weighted by atomic mass is 35.5. The normalized spacial score (nSPS) is 12.8. The third-order valence-corrected chi connectivity index (χ3v) is 3.90. The number of hydrogen-bond acceptors (Lipinski definition) is 2. The van der Waals surface area contributed by atoms with Crippen LogP contribution in [0.5, 0.6) is 0 Å². The molecule has 0 spiro atoms. The maximum atomic E-state index is 13.2. The maximum Gasteiger partial charge on any atom is 0.142 e. The van der Waals surface area contributed by atoms with Crippen LogP contribution in [0.2, 0.25) is 5.02 Å². The zero-order valence-electron chi connectivity index (χ0n) is 8.58. The molecule has 0 aliphatic rings. The summed E-state index contributed by atoms with van der Waals surface area (Å²) < 4.78 is 13.2. The van der Waals surface area contributed by atoms with E-state index in [1.807, 2.05) is 18.4 Å². The summed E-state index contributed by atoms with van der Waals surface area (Å²) >= 11 is 7.26. The van der Waals surface area contributed by atoms with Gasteiger partial charge < -0.3 is 5.11 Å². The summed E-state index contributed by atoms with van der Waals surface area (Å²) in [6.45, 7) is 1.91. The first-order valence-corrected chi connectivity index (χ1v) is 6.03. The SMILES string of the molecule is Cc1ccsc1C(O)c1cccc(F)c1Cl. The van der Waals surface area contributed by atoms with E-state index in [4.69, 9.17) is 11.6 Å². The average molecular weight is 257 g/mol. The third kappa shape index (κ3) is 1.98. The molecule has 0 saturated carbocycles. The van der Waals surface area contributed by atoms with Crippen molar-refractivity contribution in [3.8, 4) is 0 Å². The van der Waals surface area contributed by atoms with Gasteiger partial charge in [0, 0.05) is 10.4 Å². The lowest BCUT2D eigenvalue weighted by molar-refractivity contribution is 0.223. The summed E-state index contributed by atoms with van der Waals surface area (Å²) in [5.41, 5.74) is 1.39. The first-order chi connectivity index (χ1) is 7.61. The predicted molar refractivity (Wildman–Crippen MR) is 64.5 cm³/mol. The second-order valence-corrected chi connectivity index (χ2v) is 4.84. The summed E-state index contributed by atoms with van der Waals surface area (Å²) in [4.78, 5) is 0.799. The van der Waals surface area contributed by atoms with Crippen LogP contribution in [0.3, 0.4) is 0 Å². The number of aliphatic hydroxyl groups excluding tert-OH is 1. The minimum Gasteiger partial charge on any atom is -0.383 e. The number of benzene rings is 1. The highest BCUT2D eigenvalue weighted by Crippen LogP contribution is 2.33. The molecule has 16 heavy (non-hydrogen) atoms. The largest absolute Gasteiger partial charge is 0.383 e. The molecule has 1 nitrogen and oxygen atoms in total. The van der Waals surface area contributed by atoms with Crippen molar-refractivity contribution in [2.75, 3.05) is 0 Å². The van der Waals surface area contributed by atoms with Crippen molar-refractivity contribution in [3.05, 3.63) is 56.5 Å². The minimum atomic E-state index is -0.858. The summed E-state index contributed by atoms with van der Waals surface area (Å²) in [5, 5.41) is 12.0. The van der Waals surface area contributed by atoms with Gasteiger partial charge in [0.15, 0.2) is 0 Å². The molecule has 84 valence electrons. The molecule has 1 N–H and O–H groups in total. The van der Waals surface area contributed by atoms with Crippen LogP contribution in [0.4, 0.5) is 4.39 Å². The van der Waals surface area contributed by atoms with Gasteiger partial charge in [0.05, 0.1) is 5.02 Å². The molecule has 1 aromatic carbocycles. The molecular weight excluding hydrogens is 247 g/mol. The first-order valence-electron chi connectivity index (χ1n) is 4.77. The fourth-order valence-corrected chi connectivity index (χ4v) is 2.70. The Bertz CT molecular complexity index is 509. The van der Waals surface area contributed by atoms with E-state index < -0.39 is 11.9 Å². The van der Waals surface area contributed by atoms with Crippen LogP contribution in [0.25, 0.3) is 0 Å². The molecule has 0 amide bonds. The number of aliphatic hydroxyl groups is 1. The zero-order chi connectivity index (χ0) is 11.7. The smallest absolute Gasteiger partial charge is 0.142 e. The maximum absolute atomic E-state index is 13.2. The number of rotatable bonds is 2. The van der Waals surface area contributed by atoms with Crippen LogP contribution in [-0.2, 0) is 0 Å². The summed E-state index contributed by atoms with van der Waals surface area (Å²) in [6, 6.07) is 6.37. The Morgan fingerprint density at radius 3 is 2.75 bits per heavy atom. The van der Waals surface area contributed by atoms with Crippen LogP contribution < -0.4 is 0 Å². The molecule has 0 saturated heterocycles. The molecular formula is C12H10ClFOS. The number of hydrogen-bond donors (Lipinski definition) is 1. The standard InChI is InChI=1S/C12H10ClFOS/c1-7-5-6-16-12(7)11(15)8-3-2-4-9(14)10(8)13/h2-6,11,15H,1H3. The van der Waals surface area contributed by atoms with Crippen molar-refractivity contribution in [3.63, 3.8) is 0 Å². The quantitative estimate of drug-likeness (QED) is 0.863. The Balaban J connectivity index is 2.46. The van der Waals surface area contributed by atoms with E-state index in [1.165, 1.54) is 17.4 Å². The van der Waals surface area contributed by atoms with Gasteiger partial charge in [-0.25, -0.2) is 4.39 Å². The first kappa shape index (κ1) is 11.6. The lowest BCUT2D eigenvalue weighted by atomic mass is 10.1. The van der Waals surface area contributed by atoms with Gasteiger partial charge >= 0.3 is 0 Å². The van der Waals surface area contributed by atoms with E-state index in [0.29, 0.717) is 5.56 Å². The molecule has 1 atom stereocenters. The molecule has 0 bridgehead atoms. The van der Waals surface area contributed by atoms with Crippen molar-refractivity contribution in [2.24, 2.45) is 0 Å². The minimum absolute atomic E-state index is 0.0113. The third-order valence-electron chi connectivity index (χ3n) is 2.43. The van der Waals surface area contributed by atoms with E-state index >= 15 is 0 Å². The van der Waals surface area contributed by atoms with Crippen molar-refractivity contribution in [2.45, 2.75) is 13.0 Å². The molecule has 1 unspecified atom stereocenters. The zero-order valence-corrected chi connectivity index (χ0v) is 10.1. The van der Waals surface area contributed by atoms with Gasteiger partial charge in [-0.1, -0.05) is 23.7 Å². The van der Waals surface area contributed by atoms with Gasteiger partial charge in [0.25, 0.3) is 0 Å². The molecule has 2 rings (SSSR count). The Morgan fingerprint density at radius 2 is 2.12 bits per heavy atom. The van der Waals surface area contributed by atoms with E-state index in [9.17, 15) is 9.50 Å². The molecule has 0 radical (unpaired) electrons. The number of aryl methyl sites for hydroxylation is 1. The van der Waals surface area contributed by atoms with E-state index in [-0.39, 0.29) is 5.02 Å². The van der Waals surface area contributed by atoms with Crippen molar-refractivity contribution >= 4 is 22.9 Å². The molecule has 2 aromatic rings. The molecule has 1 aromatic heterocycles. The lowest BCUT2D eigenvalue weighted by Gasteiger charge is -2.12. The van der Waals surface area contributed by atoms with Crippen LogP contribution in [-0.4, -0.2) is 5.11 Å². The van der Waals surface area contributed by atoms with Gasteiger partial charge in [-0.3, -0.25) is 0 Å². The summed E-state index contributed by atoms with van der Waals surface area (Å²) in [6.07, 6.45) is -0.858. The Hall–Kier alpha value is -0.900.